The SMILES string of the molecule is NNC(c1ccc(C2CCC2)cc1)c1cc(Br)c(Br)s1. The van der Waals surface area contributed by atoms with Gasteiger partial charge in [-0.15, -0.1) is 11.3 Å². The van der Waals surface area contributed by atoms with Crippen LogP contribution in [0.15, 0.2) is 38.6 Å². The maximum Gasteiger partial charge on any atom is 0.0843 e. The zero-order valence-corrected chi connectivity index (χ0v) is 14.9. The van der Waals surface area contributed by atoms with Gasteiger partial charge < -0.3 is 0 Å². The zero-order chi connectivity index (χ0) is 14.1. The van der Waals surface area contributed by atoms with E-state index in [-0.39, 0.29) is 6.04 Å². The molecular formula is C15H16Br2N2S. The summed E-state index contributed by atoms with van der Waals surface area (Å²) in [5.74, 6) is 6.53. The Hall–Kier alpha value is -0.200. The summed E-state index contributed by atoms with van der Waals surface area (Å²) >= 11 is 8.76. The standard InChI is InChI=1S/C15H16Br2N2S/c16-12-8-13(20-15(12)17)14(19-18)11-6-4-10(5-7-11)9-2-1-3-9/h4-9,14,19H,1-3,18H2. The molecule has 1 atom stereocenters. The Bertz CT molecular complexity index is 571. The predicted molar refractivity (Wildman–Crippen MR) is 91.9 cm³/mol. The van der Waals surface area contributed by atoms with Crippen LogP contribution in [-0.2, 0) is 0 Å². The van der Waals surface area contributed by atoms with E-state index in [0.717, 1.165) is 14.2 Å². The summed E-state index contributed by atoms with van der Waals surface area (Å²) in [5, 5.41) is 0. The molecule has 1 aromatic carbocycles. The Labute approximate surface area is 140 Å². The van der Waals surface area contributed by atoms with Gasteiger partial charge in [-0.25, -0.2) is 5.43 Å². The van der Waals surface area contributed by atoms with Crippen LogP contribution in [0.3, 0.4) is 0 Å². The molecule has 0 amide bonds. The van der Waals surface area contributed by atoms with Crippen LogP contribution in [0.4, 0.5) is 0 Å². The normalized spacial score (nSPS) is 16.9. The molecule has 2 aromatic rings. The number of halogens is 2. The van der Waals surface area contributed by atoms with E-state index < -0.39 is 0 Å². The lowest BCUT2D eigenvalue weighted by atomic mass is 9.80. The zero-order valence-electron chi connectivity index (χ0n) is 10.9. The van der Waals surface area contributed by atoms with Crippen molar-refractivity contribution in [3.05, 3.63) is 54.6 Å². The minimum absolute atomic E-state index is 0.0399. The molecule has 1 aliphatic carbocycles. The number of benzene rings is 1. The van der Waals surface area contributed by atoms with Crippen molar-refractivity contribution in [1.82, 2.24) is 5.43 Å². The lowest BCUT2D eigenvalue weighted by Gasteiger charge is -2.26. The molecule has 0 aliphatic heterocycles. The van der Waals surface area contributed by atoms with Gasteiger partial charge in [0.05, 0.1) is 9.83 Å². The molecule has 20 heavy (non-hydrogen) atoms. The highest BCUT2D eigenvalue weighted by molar-refractivity contribution is 9.13. The fourth-order valence-corrected chi connectivity index (χ4v) is 4.73. The van der Waals surface area contributed by atoms with E-state index in [4.69, 9.17) is 5.84 Å². The van der Waals surface area contributed by atoms with Crippen molar-refractivity contribution in [1.29, 1.82) is 0 Å². The molecule has 106 valence electrons. The number of nitrogens with two attached hydrogens (primary N) is 1. The molecule has 0 bridgehead atoms. The molecule has 3 N–H and O–H groups in total. The van der Waals surface area contributed by atoms with Crippen molar-refractivity contribution in [2.45, 2.75) is 31.2 Å². The largest absolute Gasteiger partial charge is 0.271 e. The van der Waals surface area contributed by atoms with Gasteiger partial charge >= 0.3 is 0 Å². The van der Waals surface area contributed by atoms with Crippen molar-refractivity contribution in [2.24, 2.45) is 5.84 Å². The van der Waals surface area contributed by atoms with Crippen LogP contribution >= 0.6 is 43.2 Å². The van der Waals surface area contributed by atoms with Crippen LogP contribution in [0, 0.1) is 0 Å². The first-order valence-electron chi connectivity index (χ1n) is 6.69. The lowest BCUT2D eigenvalue weighted by molar-refractivity contribution is 0.419. The number of thiophene rings is 1. The van der Waals surface area contributed by atoms with E-state index in [2.05, 4.69) is 67.6 Å². The highest BCUT2D eigenvalue weighted by atomic mass is 79.9. The summed E-state index contributed by atoms with van der Waals surface area (Å²) in [6, 6.07) is 11.0. The minimum Gasteiger partial charge on any atom is -0.271 e. The third-order valence-corrected chi connectivity index (χ3v) is 7.28. The topological polar surface area (TPSA) is 38.0 Å². The molecule has 1 unspecified atom stereocenters. The average Bonchev–Trinajstić information content (AvgIpc) is 2.70. The van der Waals surface area contributed by atoms with Crippen molar-refractivity contribution < 1.29 is 0 Å². The highest BCUT2D eigenvalue weighted by Gasteiger charge is 2.21. The maximum atomic E-state index is 5.76. The van der Waals surface area contributed by atoms with Gasteiger partial charge in [0.2, 0.25) is 0 Å². The summed E-state index contributed by atoms with van der Waals surface area (Å²) in [6.07, 6.45) is 4.04. The van der Waals surface area contributed by atoms with E-state index in [1.165, 1.54) is 35.3 Å². The fourth-order valence-electron chi connectivity index (χ4n) is 2.55. The summed E-state index contributed by atoms with van der Waals surface area (Å²) < 4.78 is 2.17. The molecule has 1 heterocycles. The number of hydrogen-bond donors (Lipinski definition) is 2. The third kappa shape index (κ3) is 2.88. The van der Waals surface area contributed by atoms with E-state index in [0.29, 0.717) is 0 Å². The van der Waals surface area contributed by atoms with Crippen LogP contribution in [0.1, 0.15) is 47.2 Å². The van der Waals surface area contributed by atoms with Crippen molar-refractivity contribution in [3.63, 3.8) is 0 Å². The average molecular weight is 416 g/mol. The maximum absolute atomic E-state index is 5.76. The first kappa shape index (κ1) is 14.7. The van der Waals surface area contributed by atoms with E-state index in [1.807, 2.05) is 0 Å². The Morgan fingerprint density at radius 3 is 2.35 bits per heavy atom. The molecule has 5 heteroatoms. The second kappa shape index (κ2) is 6.28. The van der Waals surface area contributed by atoms with E-state index >= 15 is 0 Å². The Morgan fingerprint density at radius 2 is 1.90 bits per heavy atom. The summed E-state index contributed by atoms with van der Waals surface area (Å²) in [5.41, 5.74) is 5.59. The van der Waals surface area contributed by atoms with Crippen LogP contribution in [0.25, 0.3) is 0 Å². The van der Waals surface area contributed by atoms with Gasteiger partial charge in [-0.1, -0.05) is 30.7 Å². The van der Waals surface area contributed by atoms with Gasteiger partial charge in [-0.3, -0.25) is 5.84 Å². The molecule has 0 spiro atoms. The van der Waals surface area contributed by atoms with E-state index in [9.17, 15) is 0 Å². The molecular weight excluding hydrogens is 400 g/mol. The second-order valence-corrected chi connectivity index (χ2v) is 8.42. The number of nitrogens with one attached hydrogen (secondary N) is 1. The Balaban J connectivity index is 1.85. The van der Waals surface area contributed by atoms with Gasteiger partial charge in [0, 0.05) is 9.35 Å². The fraction of sp³-hybridized carbons (Fsp3) is 0.333. The lowest BCUT2D eigenvalue weighted by Crippen LogP contribution is -2.28. The van der Waals surface area contributed by atoms with Crippen LogP contribution in [-0.4, -0.2) is 0 Å². The van der Waals surface area contributed by atoms with Crippen LogP contribution in [0.2, 0.25) is 0 Å². The van der Waals surface area contributed by atoms with Gasteiger partial charge in [0.1, 0.15) is 0 Å². The number of hydrogen-bond acceptors (Lipinski definition) is 3. The molecule has 1 fully saturated rings. The molecule has 0 saturated heterocycles. The first-order chi connectivity index (χ1) is 9.69. The van der Waals surface area contributed by atoms with Gasteiger partial charge in [0.15, 0.2) is 0 Å². The van der Waals surface area contributed by atoms with Crippen molar-refractivity contribution in [3.8, 4) is 0 Å². The van der Waals surface area contributed by atoms with Crippen LogP contribution in [0.5, 0.6) is 0 Å². The van der Waals surface area contributed by atoms with Gasteiger partial charge in [0.25, 0.3) is 0 Å². The molecule has 0 radical (unpaired) electrons. The Morgan fingerprint density at radius 1 is 1.20 bits per heavy atom. The smallest absolute Gasteiger partial charge is 0.0843 e. The summed E-state index contributed by atoms with van der Waals surface area (Å²) in [6.45, 7) is 0. The quantitative estimate of drug-likeness (QED) is 0.538. The minimum atomic E-state index is 0.0399. The molecule has 3 rings (SSSR count). The summed E-state index contributed by atoms with van der Waals surface area (Å²) in [7, 11) is 0. The Kier molecular flexibility index (Phi) is 4.62. The second-order valence-electron chi connectivity index (χ2n) is 5.16. The monoisotopic (exact) mass is 414 g/mol. The molecule has 1 aromatic heterocycles. The molecule has 1 aliphatic rings. The third-order valence-electron chi connectivity index (χ3n) is 3.96. The van der Waals surface area contributed by atoms with Gasteiger partial charge in [-0.05, 0) is 67.8 Å². The molecule has 2 nitrogen and oxygen atoms in total. The van der Waals surface area contributed by atoms with Crippen LogP contribution < -0.4 is 11.3 Å². The van der Waals surface area contributed by atoms with Crippen molar-refractivity contribution >= 4 is 43.2 Å². The van der Waals surface area contributed by atoms with Gasteiger partial charge in [-0.2, -0.15) is 0 Å². The summed E-state index contributed by atoms with van der Waals surface area (Å²) in [4.78, 5) is 1.20. The first-order valence-corrected chi connectivity index (χ1v) is 9.10. The van der Waals surface area contributed by atoms with E-state index in [1.54, 1.807) is 11.3 Å². The van der Waals surface area contributed by atoms with Crippen molar-refractivity contribution in [2.75, 3.05) is 0 Å². The number of hydrazine groups is 1. The number of rotatable bonds is 4. The predicted octanol–water partition coefficient (Wildman–Crippen LogP) is 5.09. The highest BCUT2D eigenvalue weighted by Crippen LogP contribution is 2.39. The molecule has 1 saturated carbocycles.